The topological polar surface area (TPSA) is 54.7 Å². The number of rotatable bonds is 1. The second-order valence-electron chi connectivity index (χ2n) is 3.60. The maximum absolute atomic E-state index is 5.61. The van der Waals surface area contributed by atoms with Crippen LogP contribution in [0.25, 0.3) is 11.3 Å². The van der Waals surface area contributed by atoms with Gasteiger partial charge in [0.05, 0.1) is 5.69 Å². The number of anilines is 1. The summed E-state index contributed by atoms with van der Waals surface area (Å²) in [4.78, 5) is 1.38. The number of thioether (sulfide) groups is 1. The molecular formula is C11H11N3S. The van der Waals surface area contributed by atoms with Crippen LogP contribution in [0.1, 0.15) is 5.56 Å². The van der Waals surface area contributed by atoms with Crippen LogP contribution < -0.4 is 5.73 Å². The molecule has 3 rings (SSSR count). The Morgan fingerprint density at radius 2 is 2.33 bits per heavy atom. The smallest absolute Gasteiger partial charge is 0.145 e. The number of nitrogens with one attached hydrogen (secondary N) is 1. The van der Waals surface area contributed by atoms with Gasteiger partial charge in [-0.05, 0) is 12.0 Å². The molecule has 1 aromatic carbocycles. The standard InChI is InChI=1S/C11H11N3S/c12-10-6-9(13-14-10)8-3-1-2-7-4-5-15-11(7)8/h1-3,6H,4-5H2,(H3,12,13,14). The highest BCUT2D eigenvalue weighted by molar-refractivity contribution is 7.99. The molecule has 1 aliphatic heterocycles. The molecule has 0 unspecified atom stereocenters. The predicted molar refractivity (Wildman–Crippen MR) is 62.9 cm³/mol. The zero-order valence-corrected chi connectivity index (χ0v) is 8.97. The molecule has 2 aromatic rings. The molecule has 2 heterocycles. The highest BCUT2D eigenvalue weighted by Gasteiger charge is 2.16. The fourth-order valence-electron chi connectivity index (χ4n) is 1.90. The summed E-state index contributed by atoms with van der Waals surface area (Å²) in [5.41, 5.74) is 9.28. The highest BCUT2D eigenvalue weighted by Crippen LogP contribution is 2.38. The predicted octanol–water partition coefficient (Wildman–Crippen LogP) is 2.31. The normalized spacial score (nSPS) is 14.1. The van der Waals surface area contributed by atoms with Crippen molar-refractivity contribution in [2.45, 2.75) is 11.3 Å². The number of benzene rings is 1. The minimum absolute atomic E-state index is 0.547. The second-order valence-corrected chi connectivity index (χ2v) is 4.70. The van der Waals surface area contributed by atoms with Gasteiger partial charge in [0.25, 0.3) is 0 Å². The number of nitrogens with zero attached hydrogens (tertiary/aromatic N) is 1. The number of aromatic nitrogens is 2. The first kappa shape index (κ1) is 8.85. The number of nitrogens with two attached hydrogens (primary N) is 1. The fourth-order valence-corrected chi connectivity index (χ4v) is 3.12. The lowest BCUT2D eigenvalue weighted by Crippen LogP contribution is -1.84. The van der Waals surface area contributed by atoms with Gasteiger partial charge in [0.2, 0.25) is 0 Å². The summed E-state index contributed by atoms with van der Waals surface area (Å²) in [7, 11) is 0. The van der Waals surface area contributed by atoms with Crippen LogP contribution in [0.5, 0.6) is 0 Å². The summed E-state index contributed by atoms with van der Waals surface area (Å²) >= 11 is 1.91. The summed E-state index contributed by atoms with van der Waals surface area (Å²) in [6, 6.07) is 8.29. The molecule has 0 atom stereocenters. The zero-order valence-electron chi connectivity index (χ0n) is 8.16. The van der Waals surface area contributed by atoms with E-state index in [2.05, 4.69) is 28.4 Å². The van der Waals surface area contributed by atoms with Crippen LogP contribution in [0.2, 0.25) is 0 Å². The van der Waals surface area contributed by atoms with Crippen LogP contribution in [-0.2, 0) is 6.42 Å². The maximum atomic E-state index is 5.61. The van der Waals surface area contributed by atoms with E-state index in [0.29, 0.717) is 5.82 Å². The van der Waals surface area contributed by atoms with Crippen molar-refractivity contribution in [3.63, 3.8) is 0 Å². The van der Waals surface area contributed by atoms with Crippen LogP contribution in [0.3, 0.4) is 0 Å². The van der Waals surface area contributed by atoms with Crippen LogP contribution in [0.4, 0.5) is 5.82 Å². The van der Waals surface area contributed by atoms with Crippen LogP contribution in [-0.4, -0.2) is 16.0 Å². The molecule has 1 aliphatic rings. The highest BCUT2D eigenvalue weighted by atomic mass is 32.2. The SMILES string of the molecule is Nc1cc(-c2cccc3c2SCC3)[nH]n1. The van der Waals surface area contributed by atoms with Gasteiger partial charge in [-0.25, -0.2) is 0 Å². The summed E-state index contributed by atoms with van der Waals surface area (Å²) in [5.74, 6) is 1.72. The van der Waals surface area contributed by atoms with Crippen LogP contribution >= 0.6 is 11.8 Å². The molecule has 15 heavy (non-hydrogen) atoms. The monoisotopic (exact) mass is 217 g/mol. The molecule has 0 aliphatic carbocycles. The van der Waals surface area contributed by atoms with E-state index in [1.54, 1.807) is 0 Å². The van der Waals surface area contributed by atoms with E-state index in [4.69, 9.17) is 5.73 Å². The Morgan fingerprint density at radius 3 is 3.13 bits per heavy atom. The van der Waals surface area contributed by atoms with E-state index in [9.17, 15) is 0 Å². The first-order valence-corrected chi connectivity index (χ1v) is 5.89. The lowest BCUT2D eigenvalue weighted by Gasteiger charge is -2.04. The lowest BCUT2D eigenvalue weighted by molar-refractivity contribution is 1.09. The van der Waals surface area contributed by atoms with E-state index in [1.165, 1.54) is 21.8 Å². The first-order chi connectivity index (χ1) is 7.34. The number of aromatic amines is 1. The number of hydrogen-bond donors (Lipinski definition) is 2. The largest absolute Gasteiger partial charge is 0.382 e. The number of fused-ring (bicyclic) bond motifs is 1. The third kappa shape index (κ3) is 1.41. The molecule has 0 spiro atoms. The Kier molecular flexibility index (Phi) is 1.95. The molecular weight excluding hydrogens is 206 g/mol. The van der Waals surface area contributed by atoms with Crippen LogP contribution in [0, 0.1) is 0 Å². The van der Waals surface area contributed by atoms with Crippen LogP contribution in [0.15, 0.2) is 29.2 Å². The summed E-state index contributed by atoms with van der Waals surface area (Å²) < 4.78 is 0. The number of H-pyrrole nitrogens is 1. The maximum Gasteiger partial charge on any atom is 0.145 e. The van der Waals surface area contributed by atoms with Crippen molar-refractivity contribution < 1.29 is 0 Å². The lowest BCUT2D eigenvalue weighted by atomic mass is 10.1. The van der Waals surface area contributed by atoms with Crippen molar-refractivity contribution in [2.75, 3.05) is 11.5 Å². The Bertz CT molecular complexity index is 504. The van der Waals surface area contributed by atoms with E-state index in [-0.39, 0.29) is 0 Å². The number of hydrogen-bond acceptors (Lipinski definition) is 3. The van der Waals surface area contributed by atoms with Crippen molar-refractivity contribution in [1.29, 1.82) is 0 Å². The third-order valence-electron chi connectivity index (χ3n) is 2.60. The van der Waals surface area contributed by atoms with Gasteiger partial charge >= 0.3 is 0 Å². The Balaban J connectivity index is 2.16. The third-order valence-corrected chi connectivity index (χ3v) is 3.78. The molecule has 4 heteroatoms. The van der Waals surface area contributed by atoms with Crippen molar-refractivity contribution in [3.05, 3.63) is 29.8 Å². The molecule has 0 amide bonds. The summed E-state index contributed by atoms with van der Waals surface area (Å²) in [6.07, 6.45) is 1.16. The molecule has 0 fully saturated rings. The Morgan fingerprint density at radius 1 is 1.40 bits per heavy atom. The molecule has 0 saturated carbocycles. The Hall–Kier alpha value is -1.42. The molecule has 0 saturated heterocycles. The molecule has 1 aromatic heterocycles. The van der Waals surface area contributed by atoms with Crippen molar-refractivity contribution >= 4 is 17.6 Å². The number of nitrogen functional groups attached to an aromatic ring is 1. The van der Waals surface area contributed by atoms with Gasteiger partial charge in [-0.15, -0.1) is 11.8 Å². The summed E-state index contributed by atoms with van der Waals surface area (Å²) in [5, 5.41) is 6.93. The van der Waals surface area contributed by atoms with E-state index in [0.717, 1.165) is 12.1 Å². The quantitative estimate of drug-likeness (QED) is 0.770. The van der Waals surface area contributed by atoms with Gasteiger partial charge in [0.1, 0.15) is 5.82 Å². The minimum Gasteiger partial charge on any atom is -0.382 e. The molecule has 3 nitrogen and oxygen atoms in total. The van der Waals surface area contributed by atoms with Gasteiger partial charge in [0.15, 0.2) is 0 Å². The Labute approximate surface area is 92.1 Å². The molecule has 0 radical (unpaired) electrons. The number of aryl methyl sites for hydroxylation is 1. The van der Waals surface area contributed by atoms with Crippen molar-refractivity contribution in [3.8, 4) is 11.3 Å². The van der Waals surface area contributed by atoms with Gasteiger partial charge in [-0.3, -0.25) is 5.10 Å². The average Bonchev–Trinajstić information content (AvgIpc) is 2.84. The zero-order chi connectivity index (χ0) is 10.3. The molecule has 76 valence electrons. The fraction of sp³-hybridized carbons (Fsp3) is 0.182. The average molecular weight is 217 g/mol. The second kappa shape index (κ2) is 3.31. The molecule has 3 N–H and O–H groups in total. The van der Waals surface area contributed by atoms with Gasteiger partial charge < -0.3 is 5.73 Å². The van der Waals surface area contributed by atoms with Gasteiger partial charge in [0, 0.05) is 22.3 Å². The molecule has 0 bridgehead atoms. The van der Waals surface area contributed by atoms with E-state index >= 15 is 0 Å². The van der Waals surface area contributed by atoms with E-state index in [1.807, 2.05) is 17.8 Å². The van der Waals surface area contributed by atoms with Crippen molar-refractivity contribution in [2.24, 2.45) is 0 Å². The summed E-state index contributed by atoms with van der Waals surface area (Å²) in [6.45, 7) is 0. The van der Waals surface area contributed by atoms with Crippen molar-refractivity contribution in [1.82, 2.24) is 10.2 Å². The first-order valence-electron chi connectivity index (χ1n) is 4.90. The minimum atomic E-state index is 0.547. The van der Waals surface area contributed by atoms with Gasteiger partial charge in [-0.2, -0.15) is 5.10 Å². The van der Waals surface area contributed by atoms with Gasteiger partial charge in [-0.1, -0.05) is 18.2 Å². The van der Waals surface area contributed by atoms with E-state index < -0.39 is 0 Å².